The van der Waals surface area contributed by atoms with Crippen LogP contribution in [0.15, 0.2) is 17.8 Å². The summed E-state index contributed by atoms with van der Waals surface area (Å²) in [4.78, 5) is 23.5. The molecule has 2 N–H and O–H groups in total. The average molecular weight is 348 g/mol. The maximum Gasteiger partial charge on any atom is 0.424 e. The Morgan fingerprint density at radius 2 is 2.17 bits per heavy atom. The van der Waals surface area contributed by atoms with Crippen LogP contribution in [-0.4, -0.2) is 44.1 Å². The van der Waals surface area contributed by atoms with Crippen LogP contribution in [0.25, 0.3) is 0 Å². The van der Waals surface area contributed by atoms with Crippen LogP contribution in [0.2, 0.25) is 0 Å². The predicted octanol–water partition coefficient (Wildman–Crippen LogP) is 1.97. The Morgan fingerprint density at radius 3 is 2.65 bits per heavy atom. The molecule has 0 saturated heterocycles. The topological polar surface area (TPSA) is 82.1 Å². The Kier molecular flexibility index (Phi) is 4.76. The van der Waals surface area contributed by atoms with Crippen molar-refractivity contribution >= 4 is 17.2 Å². The second kappa shape index (κ2) is 6.28. The van der Waals surface area contributed by atoms with Gasteiger partial charge in [0.25, 0.3) is 0 Å². The maximum atomic E-state index is 13.3. The van der Waals surface area contributed by atoms with Crippen molar-refractivity contribution in [2.45, 2.75) is 31.7 Å². The molecule has 2 aromatic rings. The second-order valence-corrected chi connectivity index (χ2v) is 5.97. The number of aliphatic hydroxyl groups is 1. The Bertz CT molecular complexity index is 671. The molecule has 2 rings (SSSR count). The lowest BCUT2D eigenvalue weighted by Crippen LogP contribution is -2.46. The standard InChI is InChI=1S/C13H15F3N4O2S/c1-8-7-23-11(19-8)12(22,13(14,15)16)5-10(21)20(2)6-9-17-3-4-18-9/h3-4,7,22H,5-6H2,1-2H3,(H,17,18). The molecule has 0 fully saturated rings. The number of rotatable bonds is 5. The third-order valence-corrected chi connectivity index (χ3v) is 4.33. The number of imidazole rings is 1. The Hall–Kier alpha value is -1.94. The van der Waals surface area contributed by atoms with Gasteiger partial charge in [0.05, 0.1) is 13.0 Å². The third-order valence-electron chi connectivity index (χ3n) is 3.22. The summed E-state index contributed by atoms with van der Waals surface area (Å²) in [6.07, 6.45) is -3.14. The first-order chi connectivity index (χ1) is 10.6. The van der Waals surface area contributed by atoms with E-state index in [0.29, 0.717) is 22.9 Å². The maximum absolute atomic E-state index is 13.3. The molecule has 0 aliphatic heterocycles. The van der Waals surface area contributed by atoms with Crippen molar-refractivity contribution in [1.29, 1.82) is 0 Å². The summed E-state index contributed by atoms with van der Waals surface area (Å²) < 4.78 is 40.0. The fourth-order valence-corrected chi connectivity index (χ4v) is 2.81. The molecule has 10 heteroatoms. The number of aryl methyl sites for hydroxylation is 1. The minimum absolute atomic E-state index is 0.0106. The number of thiazole rings is 1. The van der Waals surface area contributed by atoms with Gasteiger partial charge in [-0.05, 0) is 6.92 Å². The monoisotopic (exact) mass is 348 g/mol. The van der Waals surface area contributed by atoms with Crippen LogP contribution in [0.5, 0.6) is 0 Å². The molecule has 6 nitrogen and oxygen atoms in total. The molecule has 0 aliphatic rings. The van der Waals surface area contributed by atoms with Gasteiger partial charge in [-0.3, -0.25) is 4.79 Å². The van der Waals surface area contributed by atoms with E-state index in [-0.39, 0.29) is 6.54 Å². The van der Waals surface area contributed by atoms with E-state index in [1.54, 1.807) is 0 Å². The Balaban J connectivity index is 2.19. The minimum Gasteiger partial charge on any atom is -0.374 e. The number of alkyl halides is 3. The Labute approximate surface area is 134 Å². The first-order valence-corrected chi connectivity index (χ1v) is 7.45. The zero-order valence-electron chi connectivity index (χ0n) is 12.4. The molecule has 0 radical (unpaired) electrons. The highest BCUT2D eigenvalue weighted by Crippen LogP contribution is 2.43. The summed E-state index contributed by atoms with van der Waals surface area (Å²) in [5, 5.41) is 11.0. The van der Waals surface area contributed by atoms with Crippen LogP contribution >= 0.6 is 11.3 Å². The van der Waals surface area contributed by atoms with Gasteiger partial charge in [-0.25, -0.2) is 9.97 Å². The largest absolute Gasteiger partial charge is 0.424 e. The number of carbonyl (C=O) groups is 1. The molecule has 2 heterocycles. The molecule has 2 aromatic heterocycles. The number of carbonyl (C=O) groups excluding carboxylic acids is 1. The van der Waals surface area contributed by atoms with Gasteiger partial charge in [-0.15, -0.1) is 11.3 Å². The fourth-order valence-electron chi connectivity index (χ4n) is 1.89. The van der Waals surface area contributed by atoms with E-state index in [9.17, 15) is 23.1 Å². The highest BCUT2D eigenvalue weighted by Gasteiger charge is 2.58. The molecule has 1 amide bonds. The van der Waals surface area contributed by atoms with Gasteiger partial charge >= 0.3 is 6.18 Å². The van der Waals surface area contributed by atoms with E-state index >= 15 is 0 Å². The van der Waals surface area contributed by atoms with Crippen LogP contribution < -0.4 is 0 Å². The van der Waals surface area contributed by atoms with Crippen molar-refractivity contribution in [1.82, 2.24) is 19.9 Å². The first-order valence-electron chi connectivity index (χ1n) is 6.57. The molecule has 1 unspecified atom stereocenters. The van der Waals surface area contributed by atoms with Crippen LogP contribution in [0.4, 0.5) is 13.2 Å². The van der Waals surface area contributed by atoms with Gasteiger partial charge in [-0.2, -0.15) is 13.2 Å². The molecule has 0 bridgehead atoms. The smallest absolute Gasteiger partial charge is 0.374 e. The molecule has 0 saturated carbocycles. The second-order valence-electron chi connectivity index (χ2n) is 5.11. The van der Waals surface area contributed by atoms with Crippen LogP contribution in [0, 0.1) is 6.92 Å². The summed E-state index contributed by atoms with van der Waals surface area (Å²) >= 11 is 0.672. The highest BCUT2D eigenvalue weighted by atomic mass is 32.1. The van der Waals surface area contributed by atoms with Gasteiger partial charge in [0.1, 0.15) is 10.8 Å². The van der Waals surface area contributed by atoms with Gasteiger partial charge in [-0.1, -0.05) is 0 Å². The van der Waals surface area contributed by atoms with E-state index < -0.39 is 29.1 Å². The van der Waals surface area contributed by atoms with Crippen molar-refractivity contribution < 1.29 is 23.1 Å². The number of hydrogen-bond acceptors (Lipinski definition) is 5. The number of nitrogens with one attached hydrogen (secondary N) is 1. The van der Waals surface area contributed by atoms with Crippen molar-refractivity contribution in [2.24, 2.45) is 0 Å². The molecular weight excluding hydrogens is 333 g/mol. The van der Waals surface area contributed by atoms with E-state index in [2.05, 4.69) is 15.0 Å². The molecule has 0 spiro atoms. The van der Waals surface area contributed by atoms with Crippen molar-refractivity contribution in [3.8, 4) is 0 Å². The lowest BCUT2D eigenvalue weighted by atomic mass is 9.99. The van der Waals surface area contributed by atoms with E-state index in [4.69, 9.17) is 0 Å². The van der Waals surface area contributed by atoms with Crippen LogP contribution in [-0.2, 0) is 16.9 Å². The Morgan fingerprint density at radius 1 is 1.48 bits per heavy atom. The normalized spacial score (nSPS) is 14.5. The van der Waals surface area contributed by atoms with Gasteiger partial charge in [0.15, 0.2) is 0 Å². The summed E-state index contributed by atoms with van der Waals surface area (Å²) in [6.45, 7) is 1.53. The number of halogens is 3. The van der Waals surface area contributed by atoms with Crippen molar-refractivity contribution in [3.05, 3.63) is 34.3 Å². The minimum atomic E-state index is -5.02. The predicted molar refractivity (Wildman–Crippen MR) is 76.5 cm³/mol. The van der Waals surface area contributed by atoms with E-state index in [1.165, 1.54) is 31.7 Å². The van der Waals surface area contributed by atoms with Gasteiger partial charge < -0.3 is 15.0 Å². The van der Waals surface area contributed by atoms with Crippen molar-refractivity contribution in [3.63, 3.8) is 0 Å². The fraction of sp³-hybridized carbons (Fsp3) is 0.462. The van der Waals surface area contributed by atoms with E-state index in [0.717, 1.165) is 4.90 Å². The number of hydrogen-bond donors (Lipinski definition) is 2. The number of amides is 1. The lowest BCUT2D eigenvalue weighted by Gasteiger charge is -2.29. The molecule has 0 aliphatic carbocycles. The summed E-state index contributed by atoms with van der Waals surface area (Å²) in [5.74, 6) is -0.435. The molecular formula is C13H15F3N4O2S. The zero-order valence-corrected chi connectivity index (χ0v) is 13.2. The summed E-state index contributed by atoms with van der Waals surface area (Å²) in [6, 6.07) is 0. The number of H-pyrrole nitrogens is 1. The van der Waals surface area contributed by atoms with Crippen LogP contribution in [0.1, 0.15) is 22.9 Å². The highest BCUT2D eigenvalue weighted by molar-refractivity contribution is 7.09. The lowest BCUT2D eigenvalue weighted by molar-refractivity contribution is -0.268. The van der Waals surface area contributed by atoms with Crippen molar-refractivity contribution in [2.75, 3.05) is 7.05 Å². The van der Waals surface area contributed by atoms with Crippen LogP contribution in [0.3, 0.4) is 0 Å². The summed E-state index contributed by atoms with van der Waals surface area (Å²) in [7, 11) is 1.34. The zero-order chi connectivity index (χ0) is 17.3. The average Bonchev–Trinajstić information content (AvgIpc) is 3.08. The molecule has 1 atom stereocenters. The molecule has 23 heavy (non-hydrogen) atoms. The number of aromatic nitrogens is 3. The first kappa shape index (κ1) is 17.4. The van der Waals surface area contributed by atoms with Gasteiger partial charge in [0, 0.05) is 30.5 Å². The number of aromatic amines is 1. The third kappa shape index (κ3) is 3.70. The molecule has 0 aromatic carbocycles. The summed E-state index contributed by atoms with van der Waals surface area (Å²) in [5.41, 5.74) is -2.95. The van der Waals surface area contributed by atoms with Gasteiger partial charge in [0.2, 0.25) is 11.5 Å². The molecule has 126 valence electrons. The quantitative estimate of drug-likeness (QED) is 0.866. The van der Waals surface area contributed by atoms with E-state index in [1.807, 2.05) is 0 Å². The SMILES string of the molecule is Cc1csc(C(O)(CC(=O)N(C)Cc2ncc[nH]2)C(F)(F)F)n1. The number of nitrogens with zero attached hydrogens (tertiary/aromatic N) is 3.